The summed E-state index contributed by atoms with van der Waals surface area (Å²) >= 11 is 20.2. The molecular formula is C88H91Cl3F3N17O5. The molecule has 3 aromatic carbocycles. The van der Waals surface area contributed by atoms with E-state index in [0.29, 0.717) is 131 Å². The summed E-state index contributed by atoms with van der Waals surface area (Å²) in [6, 6.07) is 23.5. The molecule has 22 nitrogen and oxygen atoms in total. The number of rotatable bonds is 15. The van der Waals surface area contributed by atoms with Crippen molar-refractivity contribution < 1.29 is 27.6 Å². The Morgan fingerprint density at radius 1 is 0.560 bits per heavy atom. The van der Waals surface area contributed by atoms with Crippen LogP contribution >= 0.6 is 34.8 Å². The van der Waals surface area contributed by atoms with E-state index in [1.165, 1.54) is 45.6 Å². The Balaban J connectivity index is 0.000000162. The fourth-order valence-corrected chi connectivity index (χ4v) is 15.6. The molecule has 10 heterocycles. The summed E-state index contributed by atoms with van der Waals surface area (Å²) < 4.78 is 47.3. The Bertz CT molecular complexity index is 5720. The van der Waals surface area contributed by atoms with Gasteiger partial charge < -0.3 is 29.4 Å². The average molecular weight is 1630 g/mol. The third-order valence-corrected chi connectivity index (χ3v) is 22.1. The number of nitrogens with zero attached hydrogens (tertiary/aromatic N) is 17. The number of benzene rings is 3. The second kappa shape index (κ2) is 34.1. The highest BCUT2D eigenvalue weighted by Crippen LogP contribution is 2.47. The zero-order chi connectivity index (χ0) is 83.8. The number of carbonyl (C=O) groups excluding carboxylic acids is 3. The van der Waals surface area contributed by atoms with Gasteiger partial charge in [0.2, 0.25) is 17.7 Å². The summed E-state index contributed by atoms with van der Waals surface area (Å²) in [4.78, 5) is 115. The number of aromatic nitrogens is 9. The Morgan fingerprint density at radius 2 is 0.991 bits per heavy atom. The van der Waals surface area contributed by atoms with E-state index in [4.69, 9.17) is 72.6 Å². The van der Waals surface area contributed by atoms with Crippen LogP contribution < -0.4 is 26.1 Å². The second-order valence-electron chi connectivity index (χ2n) is 31.3. The van der Waals surface area contributed by atoms with Crippen LogP contribution in [0.1, 0.15) is 117 Å². The van der Waals surface area contributed by atoms with Crippen molar-refractivity contribution in [2.24, 2.45) is 15.8 Å². The quantitative estimate of drug-likeness (QED) is 0.0688. The largest absolute Gasteiger partial charge is 0.352 e. The minimum absolute atomic E-state index is 0.0693. The summed E-state index contributed by atoms with van der Waals surface area (Å²) in [7, 11) is 0. The maximum absolute atomic E-state index is 15.1. The predicted octanol–water partition coefficient (Wildman–Crippen LogP) is 15.4. The Morgan fingerprint density at radius 3 is 1.44 bits per heavy atom. The number of pyridine rings is 3. The molecule has 6 aromatic heterocycles. The molecule has 4 unspecified atom stereocenters. The molecule has 4 fully saturated rings. The molecule has 3 saturated heterocycles. The maximum atomic E-state index is 15.1. The Labute approximate surface area is 687 Å². The molecule has 9 aromatic rings. The minimum Gasteiger partial charge on any atom is -0.352 e. The molecule has 0 N–H and O–H groups in total. The highest BCUT2D eigenvalue weighted by Gasteiger charge is 2.41. The van der Waals surface area contributed by atoms with Gasteiger partial charge in [0.1, 0.15) is 57.9 Å². The lowest BCUT2D eigenvalue weighted by molar-refractivity contribution is -0.131. The summed E-state index contributed by atoms with van der Waals surface area (Å²) in [5.41, 5.74) is 2.92. The van der Waals surface area contributed by atoms with Gasteiger partial charge in [0.05, 0.1) is 65.6 Å². The normalized spacial score (nSPS) is 17.7. The van der Waals surface area contributed by atoms with Crippen LogP contribution in [0.5, 0.6) is 0 Å². The van der Waals surface area contributed by atoms with Crippen LogP contribution in [-0.4, -0.2) is 164 Å². The van der Waals surface area contributed by atoms with Crippen molar-refractivity contribution in [3.8, 4) is 58.5 Å². The summed E-state index contributed by atoms with van der Waals surface area (Å²) in [5.74, 6) is 7.42. The van der Waals surface area contributed by atoms with Crippen molar-refractivity contribution in [2.75, 3.05) is 67.1 Å². The number of amidine groups is 1. The van der Waals surface area contributed by atoms with Gasteiger partial charge in [-0.05, 0) is 154 Å². The summed E-state index contributed by atoms with van der Waals surface area (Å²) in [6.07, 6.45) is 17.5. The number of hydrogen-bond donors (Lipinski definition) is 0. The van der Waals surface area contributed by atoms with E-state index in [1.807, 2.05) is 81.1 Å². The number of halogens is 6. The molecule has 28 heteroatoms. The van der Waals surface area contributed by atoms with Crippen molar-refractivity contribution in [1.29, 1.82) is 0 Å². The number of amides is 3. The van der Waals surface area contributed by atoms with Gasteiger partial charge in [-0.3, -0.25) is 28.4 Å². The van der Waals surface area contributed by atoms with Gasteiger partial charge in [0, 0.05) is 123 Å². The van der Waals surface area contributed by atoms with Crippen molar-refractivity contribution in [1.82, 2.24) is 63.6 Å². The molecule has 4 atom stereocenters. The van der Waals surface area contributed by atoms with Crippen molar-refractivity contribution in [3.05, 3.63) is 218 Å². The highest BCUT2D eigenvalue weighted by molar-refractivity contribution is 6.35. The molecule has 600 valence electrons. The van der Waals surface area contributed by atoms with E-state index >= 15 is 4.39 Å². The SMILES string of the molecule is C#CC(C)(C)Cn1c(=O)nc(N2CC(C)N(C(=O)C=C)CC2C)c2cc(Cl)c(-c3ccccc3F)nc21.C#CC(C)(C)Cn1c(=O)nc(N2CCN(C(=O)C=C)CC2)c2cc(Cl)c(-c3ccccc3F)nc21.C=CC(=O)N1CC(C)N(C2=NC(=C)N(c3c(C)nc(C4CC4)nc3C(C)C)c3nc(-c4ccccc4F)c(Cl)cc32)CC1C. The number of piperazine rings is 3. The Kier molecular flexibility index (Phi) is 24.7. The van der Waals surface area contributed by atoms with E-state index in [-0.39, 0.29) is 93.5 Å². The molecule has 5 aliphatic rings. The van der Waals surface area contributed by atoms with Gasteiger partial charge in [0.25, 0.3) is 0 Å². The molecule has 116 heavy (non-hydrogen) atoms. The van der Waals surface area contributed by atoms with Crippen LogP contribution in [0.4, 0.5) is 36.3 Å². The fraction of sp³-hybridized carbons (Fsp3) is 0.352. The van der Waals surface area contributed by atoms with Gasteiger partial charge in [0.15, 0.2) is 5.82 Å². The van der Waals surface area contributed by atoms with Gasteiger partial charge in [-0.1, -0.05) is 123 Å². The van der Waals surface area contributed by atoms with Crippen LogP contribution in [0, 0.1) is 59.9 Å². The van der Waals surface area contributed by atoms with Gasteiger partial charge >= 0.3 is 11.4 Å². The van der Waals surface area contributed by atoms with E-state index in [9.17, 15) is 32.8 Å². The number of aryl methyl sites for hydroxylation is 1. The first-order valence-electron chi connectivity index (χ1n) is 38.3. The number of terminal acetylenes is 2. The number of hydrogen-bond acceptors (Lipinski definition) is 17. The molecule has 1 saturated carbocycles. The predicted molar refractivity (Wildman–Crippen MR) is 454 cm³/mol. The zero-order valence-corrected chi connectivity index (χ0v) is 69.0. The lowest BCUT2D eigenvalue weighted by Gasteiger charge is -2.46. The average Bonchev–Trinajstić information content (AvgIpc) is 1.05. The maximum Gasteiger partial charge on any atom is 0.351 e. The fourth-order valence-electron chi connectivity index (χ4n) is 14.9. The van der Waals surface area contributed by atoms with Crippen LogP contribution in [0.25, 0.3) is 55.8 Å². The van der Waals surface area contributed by atoms with E-state index in [2.05, 4.69) is 78.8 Å². The molecule has 0 bridgehead atoms. The van der Waals surface area contributed by atoms with E-state index in [1.54, 1.807) is 76.5 Å². The molecule has 4 aliphatic heterocycles. The topological polar surface area (TPSA) is 220 Å². The van der Waals surface area contributed by atoms with E-state index in [0.717, 1.165) is 35.7 Å². The smallest absolute Gasteiger partial charge is 0.351 e. The van der Waals surface area contributed by atoms with Gasteiger partial charge in [-0.2, -0.15) is 9.97 Å². The number of carbonyl (C=O) groups is 3. The van der Waals surface area contributed by atoms with Crippen LogP contribution in [0.2, 0.25) is 15.1 Å². The number of fused-ring (bicyclic) bond motifs is 3. The van der Waals surface area contributed by atoms with Crippen LogP contribution in [0.15, 0.2) is 156 Å². The summed E-state index contributed by atoms with van der Waals surface area (Å²) in [5, 5.41) is 1.85. The first-order valence-corrected chi connectivity index (χ1v) is 39.4. The van der Waals surface area contributed by atoms with Crippen molar-refractivity contribution in [3.63, 3.8) is 0 Å². The number of aliphatic imine (C=N–C) groups is 1. The van der Waals surface area contributed by atoms with Gasteiger partial charge in [-0.25, -0.2) is 52.7 Å². The summed E-state index contributed by atoms with van der Waals surface area (Å²) in [6.45, 7) is 40.8. The molecule has 1 aliphatic carbocycles. The minimum atomic E-state index is -0.669. The number of anilines is 4. The van der Waals surface area contributed by atoms with Gasteiger partial charge in [-0.15, -0.1) is 12.8 Å². The van der Waals surface area contributed by atoms with E-state index < -0.39 is 39.7 Å². The standard InChI is InChI=1S/C34H37ClFN7O.C28H29ClFN5O2.C26H25ClFN5O2/c1-8-28(44)41-16-20(5)42(17-19(41)4)33-25-15-26(35)30(24-11-9-10-12-27(24)36)40-34(25)43(22(7)38-33)31-21(6)37-32(23-13-14-23)39-29(31)18(2)3;1-7-23(36)33-14-18(4)34(15-17(33)3)26-20-13-21(29)24(19-11-9-10-12-22(19)30)31-25(20)35(27(37)32-26)16-28(5,6)8-2;1-5-21(34)31-11-13-32(14-12-31)23-18-15-19(27)22(17-9-7-8-10-20(17)28)29-24(18)33(25(35)30-23)16-26(3,4)6-2/h8-12,15,18-20,23H,1,7,13-14,16-17H2,2-6H3;2,7,9-13,17-18H,1,14-16H2,3-6H3;2,5,7-10,15H,1,11-14,16H2,3-4H3. The first-order chi connectivity index (χ1) is 55.1. The molecule has 0 spiro atoms. The molecule has 0 radical (unpaired) electrons. The first kappa shape index (κ1) is 83.9. The van der Waals surface area contributed by atoms with Crippen LogP contribution in [0.3, 0.4) is 0 Å². The zero-order valence-electron chi connectivity index (χ0n) is 66.7. The third kappa shape index (κ3) is 17.1. The van der Waals surface area contributed by atoms with Crippen LogP contribution in [-0.2, 0) is 27.5 Å². The molecule has 3 amide bonds. The van der Waals surface area contributed by atoms with Crippen molar-refractivity contribution in [2.45, 2.75) is 138 Å². The molecular weight excluding hydrogens is 1540 g/mol. The highest BCUT2D eigenvalue weighted by atomic mass is 35.5. The lowest BCUT2D eigenvalue weighted by Crippen LogP contribution is -2.59. The Hall–Kier alpha value is -11.5. The lowest BCUT2D eigenvalue weighted by atomic mass is 9.95. The second-order valence-corrected chi connectivity index (χ2v) is 32.5. The van der Waals surface area contributed by atoms with Crippen molar-refractivity contribution >= 4 is 104 Å². The molecule has 14 rings (SSSR count). The monoisotopic (exact) mass is 1630 g/mol. The third-order valence-electron chi connectivity index (χ3n) is 21.3.